The van der Waals surface area contributed by atoms with Crippen molar-refractivity contribution in [3.05, 3.63) is 0 Å². The van der Waals surface area contributed by atoms with E-state index in [-0.39, 0.29) is 32.0 Å². The fourth-order valence-corrected chi connectivity index (χ4v) is 3.19. The van der Waals surface area contributed by atoms with E-state index in [9.17, 15) is 19.2 Å². The Hall–Kier alpha value is -2.04. The second kappa shape index (κ2) is 8.88. The van der Waals surface area contributed by atoms with Crippen LogP contribution < -0.4 is 0 Å². The van der Waals surface area contributed by atoms with Gasteiger partial charge in [-0.15, -0.1) is 0 Å². The van der Waals surface area contributed by atoms with Gasteiger partial charge in [0.25, 0.3) is 0 Å². The van der Waals surface area contributed by atoms with Gasteiger partial charge in [0.15, 0.2) is 0 Å². The normalized spacial score (nSPS) is 22.5. The molecule has 25 heavy (non-hydrogen) atoms. The van der Waals surface area contributed by atoms with E-state index in [4.69, 9.17) is 15.3 Å². The smallest absolute Gasteiger partial charge is 0.317 e. The zero-order valence-electron chi connectivity index (χ0n) is 14.5. The minimum Gasteiger partial charge on any atom is -0.480 e. The molecule has 0 saturated carbocycles. The Bertz CT molecular complexity index is 495. The maximum Gasteiger partial charge on any atom is 0.317 e. The van der Waals surface area contributed by atoms with E-state index in [0.29, 0.717) is 13.1 Å². The Morgan fingerprint density at radius 1 is 0.880 bits per heavy atom. The predicted octanol–water partition coefficient (Wildman–Crippen LogP) is -1.49. The van der Waals surface area contributed by atoms with E-state index in [1.807, 2.05) is 0 Å². The van der Waals surface area contributed by atoms with Crippen LogP contribution in [0.5, 0.6) is 0 Å². The molecular formula is C15H25N3O7. The molecule has 1 rings (SSSR count). The van der Waals surface area contributed by atoms with Crippen LogP contribution in [-0.2, 0) is 19.2 Å². The van der Waals surface area contributed by atoms with Gasteiger partial charge in [0.1, 0.15) is 5.78 Å². The summed E-state index contributed by atoms with van der Waals surface area (Å²) in [7, 11) is 0. The summed E-state index contributed by atoms with van der Waals surface area (Å²) in [5, 5.41) is 27.3. The van der Waals surface area contributed by atoms with Crippen molar-refractivity contribution in [2.24, 2.45) is 0 Å². The highest BCUT2D eigenvalue weighted by Gasteiger charge is 2.40. The molecule has 1 unspecified atom stereocenters. The standard InChI is InChI=1S/C15H25N3O7/c1-11(19)5-16-3-4-17(6-12(20)21)10-15(2,9-16)18(7-13(22)23)8-14(24)25/h3-10H2,1-2H3,(H,20,21)(H,22,23)(H,24,25). The number of hydrogen-bond donors (Lipinski definition) is 3. The maximum absolute atomic E-state index is 11.5. The maximum atomic E-state index is 11.5. The molecule has 10 nitrogen and oxygen atoms in total. The van der Waals surface area contributed by atoms with Crippen LogP contribution in [0.1, 0.15) is 13.8 Å². The van der Waals surface area contributed by atoms with Gasteiger partial charge < -0.3 is 15.3 Å². The highest BCUT2D eigenvalue weighted by atomic mass is 16.4. The molecule has 0 aromatic heterocycles. The molecular weight excluding hydrogens is 334 g/mol. The van der Waals surface area contributed by atoms with Gasteiger partial charge in [0, 0.05) is 31.7 Å². The molecule has 1 fully saturated rings. The highest BCUT2D eigenvalue weighted by Crippen LogP contribution is 2.21. The van der Waals surface area contributed by atoms with E-state index in [1.165, 1.54) is 11.8 Å². The second-order valence-corrected chi connectivity index (χ2v) is 6.66. The predicted molar refractivity (Wildman–Crippen MR) is 86.4 cm³/mol. The van der Waals surface area contributed by atoms with Crippen LogP contribution in [0, 0.1) is 0 Å². The number of Topliss-reactive ketones (excluding diaryl/α,β-unsaturated/α-hetero) is 1. The Labute approximate surface area is 145 Å². The summed E-state index contributed by atoms with van der Waals surface area (Å²) >= 11 is 0. The van der Waals surface area contributed by atoms with Crippen molar-refractivity contribution >= 4 is 23.7 Å². The fraction of sp³-hybridized carbons (Fsp3) is 0.733. The highest BCUT2D eigenvalue weighted by molar-refractivity contribution is 5.77. The first-order valence-electron chi connectivity index (χ1n) is 7.86. The molecule has 1 aliphatic rings. The number of carbonyl (C=O) groups excluding carboxylic acids is 1. The summed E-state index contributed by atoms with van der Waals surface area (Å²) in [5.41, 5.74) is -0.932. The number of ketones is 1. The molecule has 1 aliphatic heterocycles. The number of carboxylic acid groups (broad SMARTS) is 3. The average Bonchev–Trinajstić information content (AvgIpc) is 2.55. The van der Waals surface area contributed by atoms with Gasteiger partial charge >= 0.3 is 17.9 Å². The summed E-state index contributed by atoms with van der Waals surface area (Å²) in [6, 6.07) is 0. The first-order chi connectivity index (χ1) is 11.5. The Balaban J connectivity index is 3.12. The zero-order chi connectivity index (χ0) is 19.2. The molecule has 0 aromatic carbocycles. The number of carboxylic acids is 3. The van der Waals surface area contributed by atoms with E-state index in [1.54, 1.807) is 16.7 Å². The Morgan fingerprint density at radius 3 is 1.68 bits per heavy atom. The molecule has 0 bridgehead atoms. The van der Waals surface area contributed by atoms with Crippen molar-refractivity contribution in [2.75, 3.05) is 52.4 Å². The number of rotatable bonds is 9. The lowest BCUT2D eigenvalue weighted by molar-refractivity contribution is -0.146. The first kappa shape index (κ1) is 21.0. The minimum absolute atomic E-state index is 0.0722. The fourth-order valence-electron chi connectivity index (χ4n) is 3.19. The van der Waals surface area contributed by atoms with Crippen molar-refractivity contribution in [2.45, 2.75) is 19.4 Å². The third kappa shape index (κ3) is 7.16. The molecule has 142 valence electrons. The summed E-state index contributed by atoms with van der Waals surface area (Å²) < 4.78 is 0. The molecule has 0 amide bonds. The molecule has 0 radical (unpaired) electrons. The molecule has 1 atom stereocenters. The van der Waals surface area contributed by atoms with Crippen LogP contribution in [0.4, 0.5) is 0 Å². The molecule has 1 saturated heterocycles. The van der Waals surface area contributed by atoms with Crippen LogP contribution in [0.25, 0.3) is 0 Å². The SMILES string of the molecule is CC(=O)CN1CCN(CC(=O)O)CC(C)(N(CC(=O)O)CC(=O)O)C1. The minimum atomic E-state index is -1.17. The number of hydrogen-bond acceptors (Lipinski definition) is 7. The molecule has 0 aromatic rings. The van der Waals surface area contributed by atoms with E-state index >= 15 is 0 Å². The Kier molecular flexibility index (Phi) is 7.46. The monoisotopic (exact) mass is 359 g/mol. The van der Waals surface area contributed by atoms with Crippen molar-refractivity contribution in [3.8, 4) is 0 Å². The van der Waals surface area contributed by atoms with Crippen molar-refractivity contribution < 1.29 is 34.5 Å². The van der Waals surface area contributed by atoms with Gasteiger partial charge in [-0.25, -0.2) is 0 Å². The van der Waals surface area contributed by atoms with E-state index in [2.05, 4.69) is 0 Å². The van der Waals surface area contributed by atoms with Crippen LogP contribution >= 0.6 is 0 Å². The van der Waals surface area contributed by atoms with Gasteiger partial charge in [-0.3, -0.25) is 33.9 Å². The van der Waals surface area contributed by atoms with Crippen LogP contribution in [-0.4, -0.2) is 112 Å². The first-order valence-corrected chi connectivity index (χ1v) is 7.86. The van der Waals surface area contributed by atoms with Gasteiger partial charge in [-0.2, -0.15) is 0 Å². The summed E-state index contributed by atoms with van der Waals surface area (Å²) in [6.07, 6.45) is 0. The third-order valence-electron chi connectivity index (χ3n) is 4.08. The molecule has 3 N–H and O–H groups in total. The van der Waals surface area contributed by atoms with Gasteiger partial charge in [-0.05, 0) is 13.8 Å². The second-order valence-electron chi connectivity index (χ2n) is 6.66. The molecule has 10 heteroatoms. The molecule has 0 aliphatic carbocycles. The molecule has 1 heterocycles. The Morgan fingerprint density at radius 2 is 1.32 bits per heavy atom. The topological polar surface area (TPSA) is 139 Å². The average molecular weight is 359 g/mol. The lowest BCUT2D eigenvalue weighted by Gasteiger charge is -2.42. The number of carbonyl (C=O) groups is 4. The zero-order valence-corrected chi connectivity index (χ0v) is 14.5. The molecule has 0 spiro atoms. The lowest BCUT2D eigenvalue weighted by atomic mass is 9.97. The lowest BCUT2D eigenvalue weighted by Crippen LogP contribution is -2.60. The van der Waals surface area contributed by atoms with Crippen LogP contribution in [0.2, 0.25) is 0 Å². The van der Waals surface area contributed by atoms with Crippen LogP contribution in [0.15, 0.2) is 0 Å². The van der Waals surface area contributed by atoms with Crippen molar-refractivity contribution in [1.29, 1.82) is 0 Å². The van der Waals surface area contributed by atoms with E-state index < -0.39 is 36.5 Å². The van der Waals surface area contributed by atoms with Crippen molar-refractivity contribution in [1.82, 2.24) is 14.7 Å². The summed E-state index contributed by atoms with van der Waals surface area (Å²) in [4.78, 5) is 49.6. The number of aliphatic carboxylic acids is 3. The van der Waals surface area contributed by atoms with Gasteiger partial charge in [-0.1, -0.05) is 0 Å². The summed E-state index contributed by atoms with van der Waals surface area (Å²) in [6.45, 7) is 3.35. The summed E-state index contributed by atoms with van der Waals surface area (Å²) in [5.74, 6) is -3.44. The van der Waals surface area contributed by atoms with Gasteiger partial charge in [0.2, 0.25) is 0 Å². The van der Waals surface area contributed by atoms with Crippen LogP contribution in [0.3, 0.4) is 0 Å². The van der Waals surface area contributed by atoms with Gasteiger partial charge in [0.05, 0.1) is 26.2 Å². The third-order valence-corrected chi connectivity index (χ3v) is 4.08. The largest absolute Gasteiger partial charge is 0.480 e. The number of nitrogens with zero attached hydrogens (tertiary/aromatic N) is 3. The van der Waals surface area contributed by atoms with Crippen molar-refractivity contribution in [3.63, 3.8) is 0 Å². The quantitative estimate of drug-likeness (QED) is 0.446. The van der Waals surface area contributed by atoms with E-state index in [0.717, 1.165) is 0 Å².